The first-order chi connectivity index (χ1) is 10.1. The molecule has 0 saturated carbocycles. The minimum Gasteiger partial charge on any atom is -0.494 e. The molecule has 0 aromatic heterocycles. The number of nitrogens with one attached hydrogen (secondary N) is 1. The molecule has 0 amide bonds. The molecule has 0 aliphatic carbocycles. The van der Waals surface area contributed by atoms with Gasteiger partial charge in [-0.15, -0.1) is 0 Å². The predicted molar refractivity (Wildman–Crippen MR) is 84.4 cm³/mol. The standard InChI is InChI=1S/C17H27NO3/c1-5-17(6-2,12-16(19)20-4)18-13-14-8-10-15(11-9-14)21-7-3/h8-11,18H,5-7,12-13H2,1-4H3. The largest absolute Gasteiger partial charge is 0.494 e. The summed E-state index contributed by atoms with van der Waals surface area (Å²) in [5, 5.41) is 3.52. The molecule has 1 aromatic carbocycles. The van der Waals surface area contributed by atoms with Crippen LogP contribution in [0.5, 0.6) is 5.75 Å². The Morgan fingerprint density at radius 3 is 2.24 bits per heavy atom. The summed E-state index contributed by atoms with van der Waals surface area (Å²) in [7, 11) is 1.44. The highest BCUT2D eigenvalue weighted by Gasteiger charge is 2.28. The van der Waals surface area contributed by atoms with Crippen molar-refractivity contribution in [2.45, 2.75) is 52.1 Å². The Bertz CT molecular complexity index is 424. The summed E-state index contributed by atoms with van der Waals surface area (Å²) in [6, 6.07) is 8.04. The average Bonchev–Trinajstić information content (AvgIpc) is 2.53. The van der Waals surface area contributed by atoms with E-state index >= 15 is 0 Å². The maximum absolute atomic E-state index is 11.6. The maximum atomic E-state index is 11.6. The van der Waals surface area contributed by atoms with E-state index < -0.39 is 0 Å². The summed E-state index contributed by atoms with van der Waals surface area (Å²) in [6.07, 6.45) is 2.17. The van der Waals surface area contributed by atoms with Gasteiger partial charge in [-0.3, -0.25) is 4.79 Å². The second kappa shape index (κ2) is 8.67. The quantitative estimate of drug-likeness (QED) is 0.710. The average molecular weight is 293 g/mol. The van der Waals surface area contributed by atoms with Crippen molar-refractivity contribution >= 4 is 5.97 Å². The van der Waals surface area contributed by atoms with E-state index in [1.807, 2.05) is 31.2 Å². The van der Waals surface area contributed by atoms with E-state index in [9.17, 15) is 4.79 Å². The molecule has 0 atom stereocenters. The van der Waals surface area contributed by atoms with E-state index in [1.165, 1.54) is 12.7 Å². The van der Waals surface area contributed by atoms with Crippen molar-refractivity contribution in [3.05, 3.63) is 29.8 Å². The van der Waals surface area contributed by atoms with Crippen LogP contribution in [0, 0.1) is 0 Å². The van der Waals surface area contributed by atoms with Crippen LogP contribution in [-0.4, -0.2) is 25.2 Å². The number of ether oxygens (including phenoxy) is 2. The number of hydrogen-bond donors (Lipinski definition) is 1. The van der Waals surface area contributed by atoms with Crippen molar-refractivity contribution in [2.24, 2.45) is 0 Å². The van der Waals surface area contributed by atoms with Gasteiger partial charge in [0.2, 0.25) is 0 Å². The van der Waals surface area contributed by atoms with Crippen LogP contribution >= 0.6 is 0 Å². The van der Waals surface area contributed by atoms with Crippen LogP contribution in [0.3, 0.4) is 0 Å². The normalized spacial score (nSPS) is 11.2. The smallest absolute Gasteiger partial charge is 0.307 e. The molecule has 1 N–H and O–H groups in total. The number of carbonyl (C=O) groups excluding carboxylic acids is 1. The Kier molecular flexibility index (Phi) is 7.23. The number of methoxy groups -OCH3 is 1. The second-order valence-corrected chi connectivity index (χ2v) is 5.17. The maximum Gasteiger partial charge on any atom is 0.307 e. The van der Waals surface area contributed by atoms with Crippen LogP contribution in [0.2, 0.25) is 0 Å². The first-order valence-electron chi connectivity index (χ1n) is 7.62. The van der Waals surface area contributed by atoms with Crippen molar-refractivity contribution in [3.8, 4) is 5.75 Å². The van der Waals surface area contributed by atoms with Gasteiger partial charge in [0.15, 0.2) is 0 Å². The molecular weight excluding hydrogens is 266 g/mol. The van der Waals surface area contributed by atoms with Crippen molar-refractivity contribution in [1.29, 1.82) is 0 Å². The molecule has 0 heterocycles. The molecule has 0 unspecified atom stereocenters. The lowest BCUT2D eigenvalue weighted by Crippen LogP contribution is -2.45. The zero-order valence-corrected chi connectivity index (χ0v) is 13.6. The van der Waals surface area contributed by atoms with Gasteiger partial charge >= 0.3 is 5.97 Å². The van der Waals surface area contributed by atoms with Gasteiger partial charge in [0.25, 0.3) is 0 Å². The number of rotatable bonds is 9. The minimum atomic E-state index is -0.203. The Labute approximate surface area is 127 Å². The fraction of sp³-hybridized carbons (Fsp3) is 0.588. The van der Waals surface area contributed by atoms with Crippen molar-refractivity contribution in [3.63, 3.8) is 0 Å². The Morgan fingerprint density at radius 1 is 1.14 bits per heavy atom. The predicted octanol–water partition coefficient (Wildman–Crippen LogP) is 3.30. The molecule has 0 spiro atoms. The summed E-state index contributed by atoms with van der Waals surface area (Å²) < 4.78 is 10.2. The van der Waals surface area contributed by atoms with Crippen molar-refractivity contribution < 1.29 is 14.3 Å². The topological polar surface area (TPSA) is 47.6 Å². The molecule has 1 rings (SSSR count). The zero-order valence-electron chi connectivity index (χ0n) is 13.6. The fourth-order valence-corrected chi connectivity index (χ4v) is 2.32. The van der Waals surface area contributed by atoms with Gasteiger partial charge in [-0.2, -0.15) is 0 Å². The van der Waals surface area contributed by atoms with Gasteiger partial charge in [0.1, 0.15) is 5.75 Å². The van der Waals surface area contributed by atoms with Crippen LogP contribution in [0.4, 0.5) is 0 Å². The number of esters is 1. The molecular formula is C17H27NO3. The third-order valence-electron chi connectivity index (χ3n) is 3.97. The third kappa shape index (κ3) is 5.38. The van der Waals surface area contributed by atoms with E-state index in [-0.39, 0.29) is 11.5 Å². The summed E-state index contributed by atoms with van der Waals surface area (Å²) in [5.41, 5.74) is 0.973. The Morgan fingerprint density at radius 2 is 1.76 bits per heavy atom. The van der Waals surface area contributed by atoms with Crippen LogP contribution < -0.4 is 10.1 Å². The number of hydrogen-bond acceptors (Lipinski definition) is 4. The minimum absolute atomic E-state index is 0.169. The highest BCUT2D eigenvalue weighted by molar-refractivity contribution is 5.70. The van der Waals surface area contributed by atoms with Crippen molar-refractivity contribution in [2.75, 3.05) is 13.7 Å². The van der Waals surface area contributed by atoms with E-state index in [0.717, 1.165) is 25.1 Å². The van der Waals surface area contributed by atoms with E-state index in [1.54, 1.807) is 0 Å². The van der Waals surface area contributed by atoms with Gasteiger partial charge < -0.3 is 14.8 Å². The molecule has 0 aliphatic rings. The molecule has 21 heavy (non-hydrogen) atoms. The van der Waals surface area contributed by atoms with Crippen molar-refractivity contribution in [1.82, 2.24) is 5.32 Å². The van der Waals surface area contributed by atoms with Gasteiger partial charge in [0.05, 0.1) is 20.1 Å². The molecule has 0 fully saturated rings. The molecule has 4 nitrogen and oxygen atoms in total. The van der Waals surface area contributed by atoms with E-state index in [2.05, 4.69) is 19.2 Å². The van der Waals surface area contributed by atoms with Gasteiger partial charge in [-0.05, 0) is 37.5 Å². The monoisotopic (exact) mass is 293 g/mol. The number of carbonyl (C=O) groups is 1. The SMILES string of the molecule is CCOc1ccc(CNC(CC)(CC)CC(=O)OC)cc1. The van der Waals surface area contributed by atoms with E-state index in [0.29, 0.717) is 13.0 Å². The van der Waals surface area contributed by atoms with E-state index in [4.69, 9.17) is 9.47 Å². The molecule has 4 heteroatoms. The van der Waals surface area contributed by atoms with Gasteiger partial charge in [0, 0.05) is 12.1 Å². The molecule has 1 aromatic rings. The Hall–Kier alpha value is -1.55. The summed E-state index contributed by atoms with van der Waals surface area (Å²) in [6.45, 7) is 7.56. The summed E-state index contributed by atoms with van der Waals surface area (Å²) in [5.74, 6) is 0.714. The molecule has 0 saturated heterocycles. The summed E-state index contributed by atoms with van der Waals surface area (Å²) in [4.78, 5) is 11.6. The van der Waals surface area contributed by atoms with Crippen LogP contribution in [0.15, 0.2) is 24.3 Å². The van der Waals surface area contributed by atoms with Gasteiger partial charge in [-0.1, -0.05) is 26.0 Å². The third-order valence-corrected chi connectivity index (χ3v) is 3.97. The lowest BCUT2D eigenvalue weighted by atomic mass is 9.88. The fourth-order valence-electron chi connectivity index (χ4n) is 2.32. The molecule has 118 valence electrons. The second-order valence-electron chi connectivity index (χ2n) is 5.17. The first-order valence-corrected chi connectivity index (χ1v) is 7.62. The van der Waals surface area contributed by atoms with Crippen LogP contribution in [0.1, 0.15) is 45.6 Å². The first kappa shape index (κ1) is 17.5. The van der Waals surface area contributed by atoms with Crippen LogP contribution in [0.25, 0.3) is 0 Å². The van der Waals surface area contributed by atoms with Gasteiger partial charge in [-0.25, -0.2) is 0 Å². The molecule has 0 radical (unpaired) electrons. The molecule has 0 aliphatic heterocycles. The zero-order chi connectivity index (χ0) is 15.7. The number of benzene rings is 1. The highest BCUT2D eigenvalue weighted by Crippen LogP contribution is 2.21. The van der Waals surface area contributed by atoms with Crippen LogP contribution in [-0.2, 0) is 16.1 Å². The lowest BCUT2D eigenvalue weighted by molar-refractivity contribution is -0.142. The molecule has 0 bridgehead atoms. The summed E-state index contributed by atoms with van der Waals surface area (Å²) >= 11 is 0. The lowest BCUT2D eigenvalue weighted by Gasteiger charge is -2.32. The highest BCUT2D eigenvalue weighted by atomic mass is 16.5. The Balaban J connectivity index is 2.65.